The third kappa shape index (κ3) is 4.87. The van der Waals surface area contributed by atoms with Gasteiger partial charge in [-0.3, -0.25) is 14.9 Å². The molecule has 0 aliphatic carbocycles. The van der Waals surface area contributed by atoms with Gasteiger partial charge < -0.3 is 14.2 Å². The number of ketones is 1. The molecule has 0 amide bonds. The second-order valence-electron chi connectivity index (χ2n) is 6.42. The normalized spacial score (nSPS) is 10.3. The number of ether oxygens (including phenoxy) is 3. The summed E-state index contributed by atoms with van der Waals surface area (Å²) < 4.78 is 15.1. The SMILES string of the molecule is COc1cc(C(=O)OCC(=O)c2ccc(-c3ccccc3)cc2)c([N+](=O)[O-])cc1OC. The molecule has 0 saturated heterocycles. The molecule has 0 N–H and O–H groups in total. The van der Waals surface area contributed by atoms with Gasteiger partial charge in [-0.05, 0) is 11.1 Å². The first-order chi connectivity index (χ1) is 14.9. The first kappa shape index (κ1) is 21.5. The predicted molar refractivity (Wildman–Crippen MR) is 113 cm³/mol. The Morgan fingerprint density at radius 2 is 1.45 bits per heavy atom. The van der Waals surface area contributed by atoms with E-state index in [1.54, 1.807) is 24.3 Å². The minimum Gasteiger partial charge on any atom is -0.493 e. The zero-order valence-corrected chi connectivity index (χ0v) is 16.9. The highest BCUT2D eigenvalue weighted by molar-refractivity contribution is 6.01. The number of hydrogen-bond acceptors (Lipinski definition) is 7. The van der Waals surface area contributed by atoms with Crippen LogP contribution in [0.15, 0.2) is 66.7 Å². The van der Waals surface area contributed by atoms with Crippen molar-refractivity contribution in [2.45, 2.75) is 0 Å². The molecule has 31 heavy (non-hydrogen) atoms. The van der Waals surface area contributed by atoms with E-state index in [4.69, 9.17) is 14.2 Å². The van der Waals surface area contributed by atoms with Crippen LogP contribution >= 0.6 is 0 Å². The van der Waals surface area contributed by atoms with Gasteiger partial charge in [-0.25, -0.2) is 4.79 Å². The minimum absolute atomic E-state index is 0.0975. The molecule has 0 aromatic heterocycles. The smallest absolute Gasteiger partial charge is 0.345 e. The lowest BCUT2D eigenvalue weighted by Crippen LogP contribution is -2.15. The lowest BCUT2D eigenvalue weighted by atomic mass is 10.0. The van der Waals surface area contributed by atoms with Gasteiger partial charge in [0.1, 0.15) is 5.56 Å². The van der Waals surface area contributed by atoms with Crippen molar-refractivity contribution in [3.8, 4) is 22.6 Å². The van der Waals surface area contributed by atoms with Gasteiger partial charge in [0.25, 0.3) is 5.69 Å². The molecule has 0 fully saturated rings. The second-order valence-corrected chi connectivity index (χ2v) is 6.42. The van der Waals surface area contributed by atoms with Crippen molar-refractivity contribution in [1.29, 1.82) is 0 Å². The van der Waals surface area contributed by atoms with Gasteiger partial charge in [0.15, 0.2) is 23.9 Å². The molecule has 0 bridgehead atoms. The molecule has 0 heterocycles. The van der Waals surface area contributed by atoms with Crippen molar-refractivity contribution in [3.63, 3.8) is 0 Å². The highest BCUT2D eigenvalue weighted by Crippen LogP contribution is 2.34. The summed E-state index contributed by atoms with van der Waals surface area (Å²) >= 11 is 0. The van der Waals surface area contributed by atoms with Gasteiger partial charge in [0.05, 0.1) is 25.2 Å². The molecule has 3 rings (SSSR count). The Labute approximate surface area is 178 Å². The van der Waals surface area contributed by atoms with Crippen LogP contribution in [0.1, 0.15) is 20.7 Å². The maximum Gasteiger partial charge on any atom is 0.345 e. The van der Waals surface area contributed by atoms with Gasteiger partial charge in [-0.2, -0.15) is 0 Å². The summed E-state index contributed by atoms with van der Waals surface area (Å²) in [5, 5.41) is 11.3. The van der Waals surface area contributed by atoms with Crippen LogP contribution < -0.4 is 9.47 Å². The van der Waals surface area contributed by atoms with E-state index in [1.807, 2.05) is 30.3 Å². The molecule has 3 aromatic rings. The number of rotatable bonds is 8. The van der Waals surface area contributed by atoms with Crippen molar-refractivity contribution >= 4 is 17.4 Å². The third-order valence-electron chi connectivity index (χ3n) is 4.57. The Morgan fingerprint density at radius 3 is 2.03 bits per heavy atom. The Kier molecular flexibility index (Phi) is 6.61. The van der Waals surface area contributed by atoms with E-state index in [1.165, 1.54) is 14.2 Å². The molecule has 8 heteroatoms. The molecular formula is C23H19NO7. The largest absolute Gasteiger partial charge is 0.493 e. The van der Waals surface area contributed by atoms with Gasteiger partial charge in [0, 0.05) is 11.6 Å². The maximum absolute atomic E-state index is 12.4. The van der Waals surface area contributed by atoms with E-state index < -0.39 is 29.0 Å². The molecule has 0 unspecified atom stereocenters. The van der Waals surface area contributed by atoms with Crippen molar-refractivity contribution < 1.29 is 28.7 Å². The van der Waals surface area contributed by atoms with Crippen LogP contribution in [-0.4, -0.2) is 37.5 Å². The zero-order chi connectivity index (χ0) is 22.4. The first-order valence-electron chi connectivity index (χ1n) is 9.20. The number of carbonyl (C=O) groups is 2. The second kappa shape index (κ2) is 9.53. The fourth-order valence-corrected chi connectivity index (χ4v) is 2.95. The molecule has 158 valence electrons. The molecule has 0 atom stereocenters. The molecule has 0 radical (unpaired) electrons. The number of methoxy groups -OCH3 is 2. The number of benzene rings is 3. The standard InChI is InChI=1S/C23H19NO7/c1-29-21-12-18(19(24(27)28)13-22(21)30-2)23(26)31-14-20(25)17-10-8-16(9-11-17)15-6-4-3-5-7-15/h3-13H,14H2,1-2H3. The Morgan fingerprint density at radius 1 is 0.871 bits per heavy atom. The van der Waals surface area contributed by atoms with Crippen LogP contribution in [0.2, 0.25) is 0 Å². The van der Waals surface area contributed by atoms with E-state index in [-0.39, 0.29) is 17.1 Å². The lowest BCUT2D eigenvalue weighted by molar-refractivity contribution is -0.385. The number of Topliss-reactive ketones (excluding diaryl/α,β-unsaturated/α-hetero) is 1. The fraction of sp³-hybridized carbons (Fsp3) is 0.130. The number of nitrogens with zero attached hydrogens (tertiary/aromatic N) is 1. The summed E-state index contributed by atoms with van der Waals surface area (Å²) in [7, 11) is 2.66. The Bertz CT molecular complexity index is 1110. The molecule has 0 spiro atoms. The summed E-state index contributed by atoms with van der Waals surface area (Å²) in [5.41, 5.74) is 1.45. The highest BCUT2D eigenvalue weighted by Gasteiger charge is 2.26. The maximum atomic E-state index is 12.4. The van der Waals surface area contributed by atoms with E-state index in [0.29, 0.717) is 5.56 Å². The molecule has 0 aliphatic heterocycles. The van der Waals surface area contributed by atoms with Crippen molar-refractivity contribution in [3.05, 3.63) is 88.0 Å². The van der Waals surface area contributed by atoms with Gasteiger partial charge >= 0.3 is 5.97 Å². The average Bonchev–Trinajstić information content (AvgIpc) is 2.81. The van der Waals surface area contributed by atoms with Crippen molar-refractivity contribution in [2.75, 3.05) is 20.8 Å². The fourth-order valence-electron chi connectivity index (χ4n) is 2.95. The number of carbonyl (C=O) groups excluding carboxylic acids is 2. The third-order valence-corrected chi connectivity index (χ3v) is 4.57. The van der Waals surface area contributed by atoms with Crippen LogP contribution in [0.3, 0.4) is 0 Å². The minimum atomic E-state index is -1.01. The quantitative estimate of drug-likeness (QED) is 0.231. The monoisotopic (exact) mass is 421 g/mol. The molecule has 3 aromatic carbocycles. The van der Waals surface area contributed by atoms with E-state index in [2.05, 4.69) is 0 Å². The van der Waals surface area contributed by atoms with E-state index in [9.17, 15) is 19.7 Å². The van der Waals surface area contributed by atoms with Crippen LogP contribution in [0, 0.1) is 10.1 Å². The Balaban J connectivity index is 1.73. The Hall–Kier alpha value is -4.20. The number of hydrogen-bond donors (Lipinski definition) is 0. The van der Waals surface area contributed by atoms with Crippen LogP contribution in [0.5, 0.6) is 11.5 Å². The van der Waals surface area contributed by atoms with Gasteiger partial charge in [-0.15, -0.1) is 0 Å². The zero-order valence-electron chi connectivity index (χ0n) is 16.9. The van der Waals surface area contributed by atoms with Gasteiger partial charge in [-0.1, -0.05) is 54.6 Å². The van der Waals surface area contributed by atoms with Crippen molar-refractivity contribution in [2.24, 2.45) is 0 Å². The number of esters is 1. The lowest BCUT2D eigenvalue weighted by Gasteiger charge is -2.10. The van der Waals surface area contributed by atoms with Crippen LogP contribution in [-0.2, 0) is 4.74 Å². The van der Waals surface area contributed by atoms with Gasteiger partial charge in [0.2, 0.25) is 0 Å². The molecular weight excluding hydrogens is 402 g/mol. The first-order valence-corrected chi connectivity index (χ1v) is 9.20. The molecule has 8 nitrogen and oxygen atoms in total. The van der Waals surface area contributed by atoms with E-state index in [0.717, 1.165) is 23.3 Å². The number of nitro benzene ring substituents is 1. The summed E-state index contributed by atoms with van der Waals surface area (Å²) in [6.45, 7) is -0.561. The highest BCUT2D eigenvalue weighted by atomic mass is 16.6. The number of nitro groups is 1. The summed E-state index contributed by atoms with van der Waals surface area (Å²) in [6.07, 6.45) is 0. The van der Waals surface area contributed by atoms with Crippen LogP contribution in [0.25, 0.3) is 11.1 Å². The molecule has 0 saturated carbocycles. The van der Waals surface area contributed by atoms with E-state index >= 15 is 0 Å². The average molecular weight is 421 g/mol. The van der Waals surface area contributed by atoms with Crippen LogP contribution in [0.4, 0.5) is 5.69 Å². The summed E-state index contributed by atoms with van der Waals surface area (Å²) in [6, 6.07) is 18.7. The predicted octanol–water partition coefficient (Wildman–Crippen LogP) is 4.32. The molecule has 0 aliphatic rings. The summed E-state index contributed by atoms with van der Waals surface area (Å²) in [4.78, 5) is 35.5. The van der Waals surface area contributed by atoms with Crippen molar-refractivity contribution in [1.82, 2.24) is 0 Å². The summed E-state index contributed by atoms with van der Waals surface area (Å²) in [5.74, 6) is -1.22. The topological polar surface area (TPSA) is 105 Å².